The molecule has 1 heterocycles. The molecule has 1 aliphatic carbocycles. The van der Waals surface area contributed by atoms with E-state index in [1.165, 1.54) is 0 Å². The lowest BCUT2D eigenvalue weighted by atomic mass is 9.63. The minimum atomic E-state index is -4.73. The summed E-state index contributed by atoms with van der Waals surface area (Å²) in [5.74, 6) is -0.245. The van der Waals surface area contributed by atoms with E-state index in [4.69, 9.17) is 9.47 Å². The first-order valence-electron chi connectivity index (χ1n) is 11.2. The van der Waals surface area contributed by atoms with Crippen molar-refractivity contribution in [2.24, 2.45) is 5.92 Å². The number of alkyl halides is 3. The molecule has 2 fully saturated rings. The number of methoxy groups -OCH3 is 2. The quantitative estimate of drug-likeness (QED) is 0.634. The van der Waals surface area contributed by atoms with Crippen molar-refractivity contribution in [1.82, 2.24) is 10.2 Å². The Bertz CT molecular complexity index is 1070. The van der Waals surface area contributed by atoms with Gasteiger partial charge in [-0.2, -0.15) is 13.2 Å². The summed E-state index contributed by atoms with van der Waals surface area (Å²) in [6.45, 7) is 1.69. The number of carbonyl (C=O) groups is 1. The number of hydrogen-bond acceptors (Lipinski definition) is 4. The van der Waals surface area contributed by atoms with Crippen LogP contribution in [0.1, 0.15) is 40.7 Å². The van der Waals surface area contributed by atoms with Gasteiger partial charge in [0.25, 0.3) is 5.91 Å². The molecule has 4 rings (SSSR count). The number of amides is 1. The van der Waals surface area contributed by atoms with E-state index in [0.29, 0.717) is 36.5 Å². The molecule has 1 saturated heterocycles. The summed E-state index contributed by atoms with van der Waals surface area (Å²) in [6.07, 6.45) is -2.60. The monoisotopic (exact) mass is 480 g/mol. The van der Waals surface area contributed by atoms with Crippen molar-refractivity contribution >= 4 is 5.91 Å². The topological polar surface area (TPSA) is 50.8 Å². The average molecular weight is 481 g/mol. The van der Waals surface area contributed by atoms with Gasteiger partial charge >= 0.3 is 6.18 Å². The fourth-order valence-corrected chi connectivity index (χ4v) is 5.60. The predicted octanol–water partition coefficient (Wildman–Crippen LogP) is 4.64. The number of likely N-dealkylation sites (N-methyl/N-ethyl adjacent to an activating group) is 1. The number of ether oxygens (including phenoxy) is 2. The maximum atomic E-state index is 13.8. The first-order chi connectivity index (χ1) is 16.1. The van der Waals surface area contributed by atoms with E-state index in [-0.39, 0.29) is 22.9 Å². The van der Waals surface area contributed by atoms with Crippen molar-refractivity contribution in [1.29, 1.82) is 0 Å². The van der Waals surface area contributed by atoms with E-state index < -0.39 is 23.5 Å². The van der Waals surface area contributed by atoms with Gasteiger partial charge in [-0.25, -0.2) is 4.39 Å². The Kier molecular flexibility index (Phi) is 6.50. The number of benzene rings is 2. The zero-order valence-corrected chi connectivity index (χ0v) is 19.3. The summed E-state index contributed by atoms with van der Waals surface area (Å²) >= 11 is 0. The van der Waals surface area contributed by atoms with Gasteiger partial charge in [0.1, 0.15) is 5.82 Å². The lowest BCUT2D eigenvalue weighted by molar-refractivity contribution is -0.137. The number of fused-ring (bicyclic) bond motifs is 1. The van der Waals surface area contributed by atoms with E-state index in [1.807, 2.05) is 12.1 Å². The zero-order chi connectivity index (χ0) is 24.7. The number of nitrogens with one attached hydrogen (secondary N) is 1. The summed E-state index contributed by atoms with van der Waals surface area (Å²) in [7, 11) is 5.24. The van der Waals surface area contributed by atoms with Crippen molar-refractivity contribution in [3.05, 3.63) is 58.9 Å². The Morgan fingerprint density at radius 1 is 1.12 bits per heavy atom. The van der Waals surface area contributed by atoms with Gasteiger partial charge in [0, 0.05) is 30.1 Å². The van der Waals surface area contributed by atoms with Crippen LogP contribution in [-0.2, 0) is 11.6 Å². The Hall–Kier alpha value is -2.81. The summed E-state index contributed by atoms with van der Waals surface area (Å²) in [6, 6.07) is 7.67. The van der Waals surface area contributed by atoms with Crippen LogP contribution in [-0.4, -0.2) is 51.2 Å². The van der Waals surface area contributed by atoms with E-state index >= 15 is 0 Å². The normalized spacial score (nSPS) is 25.0. The highest BCUT2D eigenvalue weighted by atomic mass is 19.4. The van der Waals surface area contributed by atoms with Gasteiger partial charge in [-0.05, 0) is 68.1 Å². The second kappa shape index (κ2) is 9.09. The largest absolute Gasteiger partial charge is 0.493 e. The summed E-state index contributed by atoms with van der Waals surface area (Å²) in [5.41, 5.74) is -0.485. The molecule has 2 aromatic rings. The lowest BCUT2D eigenvalue weighted by Gasteiger charge is -2.43. The second-order valence-corrected chi connectivity index (χ2v) is 9.29. The lowest BCUT2D eigenvalue weighted by Crippen LogP contribution is -2.47. The van der Waals surface area contributed by atoms with Gasteiger partial charge < -0.3 is 19.7 Å². The second-order valence-electron chi connectivity index (χ2n) is 9.29. The Balaban J connectivity index is 1.53. The molecule has 0 spiro atoms. The summed E-state index contributed by atoms with van der Waals surface area (Å²) < 4.78 is 63.8. The van der Waals surface area contributed by atoms with E-state index in [1.54, 1.807) is 14.2 Å². The third-order valence-electron chi connectivity index (χ3n) is 7.15. The van der Waals surface area contributed by atoms with Crippen molar-refractivity contribution in [2.45, 2.75) is 36.9 Å². The van der Waals surface area contributed by atoms with Gasteiger partial charge in [0.2, 0.25) is 0 Å². The molecule has 2 aliphatic rings. The molecule has 184 valence electrons. The average Bonchev–Trinajstić information content (AvgIpc) is 3.13. The van der Waals surface area contributed by atoms with Crippen LogP contribution in [0.5, 0.6) is 11.5 Å². The van der Waals surface area contributed by atoms with Crippen molar-refractivity contribution in [2.75, 3.05) is 34.4 Å². The molecule has 2 unspecified atom stereocenters. The standard InChI is InChI=1S/C25H28F4N2O3/c1-31-13-18-11-20(30-23(32)15-8-17(25(27,28)29)10-19(26)9-15)6-7-24(18,14-31)16-4-5-21(33-2)22(12-16)34-3/h4-5,8-10,12,18,20H,6-7,11,13-14H2,1-3H3,(H,30,32)/t18?,20?,24-/m0/s1. The molecule has 34 heavy (non-hydrogen) atoms. The van der Waals surface area contributed by atoms with E-state index in [0.717, 1.165) is 31.1 Å². The number of nitrogens with zero attached hydrogens (tertiary/aromatic N) is 1. The van der Waals surface area contributed by atoms with Crippen LogP contribution in [0.2, 0.25) is 0 Å². The van der Waals surface area contributed by atoms with Crippen LogP contribution in [0, 0.1) is 11.7 Å². The van der Waals surface area contributed by atoms with Crippen molar-refractivity contribution in [3.8, 4) is 11.5 Å². The molecule has 1 saturated carbocycles. The van der Waals surface area contributed by atoms with Gasteiger partial charge in [-0.1, -0.05) is 6.07 Å². The first kappa shape index (κ1) is 24.3. The Labute approximate surface area is 196 Å². The number of hydrogen-bond donors (Lipinski definition) is 1. The molecule has 1 N–H and O–H groups in total. The van der Waals surface area contributed by atoms with Crippen molar-refractivity contribution < 1.29 is 31.8 Å². The maximum absolute atomic E-state index is 13.8. The number of carbonyl (C=O) groups excluding carboxylic acids is 1. The van der Waals surface area contributed by atoms with Crippen LogP contribution in [0.25, 0.3) is 0 Å². The van der Waals surface area contributed by atoms with Crippen LogP contribution in [0.3, 0.4) is 0 Å². The molecular weight excluding hydrogens is 452 g/mol. The van der Waals surface area contributed by atoms with Crippen LogP contribution in [0.4, 0.5) is 17.6 Å². The Morgan fingerprint density at radius 2 is 1.85 bits per heavy atom. The number of likely N-dealkylation sites (tertiary alicyclic amines) is 1. The van der Waals surface area contributed by atoms with E-state index in [2.05, 4.69) is 23.3 Å². The first-order valence-corrected chi connectivity index (χ1v) is 11.2. The van der Waals surface area contributed by atoms with Gasteiger partial charge in [-0.3, -0.25) is 4.79 Å². The fourth-order valence-electron chi connectivity index (χ4n) is 5.60. The predicted molar refractivity (Wildman–Crippen MR) is 119 cm³/mol. The minimum Gasteiger partial charge on any atom is -0.493 e. The molecule has 0 aromatic heterocycles. The maximum Gasteiger partial charge on any atom is 0.416 e. The highest BCUT2D eigenvalue weighted by Gasteiger charge is 2.50. The molecule has 0 radical (unpaired) electrons. The van der Waals surface area contributed by atoms with Gasteiger partial charge in [-0.15, -0.1) is 0 Å². The molecule has 3 atom stereocenters. The summed E-state index contributed by atoms with van der Waals surface area (Å²) in [4.78, 5) is 15.0. The number of rotatable bonds is 5. The molecular formula is C25H28F4N2O3. The summed E-state index contributed by atoms with van der Waals surface area (Å²) in [5, 5.41) is 2.84. The smallest absolute Gasteiger partial charge is 0.416 e. The Morgan fingerprint density at radius 3 is 2.53 bits per heavy atom. The van der Waals surface area contributed by atoms with E-state index in [9.17, 15) is 22.4 Å². The molecule has 0 bridgehead atoms. The molecule has 1 aliphatic heterocycles. The third-order valence-corrected chi connectivity index (χ3v) is 7.15. The number of halogens is 4. The van der Waals surface area contributed by atoms with Crippen LogP contribution in [0.15, 0.2) is 36.4 Å². The van der Waals surface area contributed by atoms with Crippen LogP contribution >= 0.6 is 0 Å². The van der Waals surface area contributed by atoms with Crippen molar-refractivity contribution in [3.63, 3.8) is 0 Å². The zero-order valence-electron chi connectivity index (χ0n) is 19.3. The highest BCUT2D eigenvalue weighted by Crippen LogP contribution is 2.49. The third kappa shape index (κ3) is 4.58. The molecule has 9 heteroatoms. The molecule has 1 amide bonds. The SMILES string of the molecule is COc1ccc([C@@]23CCC(NC(=O)c4cc(F)cc(C(F)(F)F)c4)CC2CN(C)C3)cc1OC. The van der Waals surface area contributed by atoms with Crippen LogP contribution < -0.4 is 14.8 Å². The molecule has 5 nitrogen and oxygen atoms in total. The van der Waals surface area contributed by atoms with Gasteiger partial charge in [0.15, 0.2) is 11.5 Å². The van der Waals surface area contributed by atoms with Gasteiger partial charge in [0.05, 0.1) is 19.8 Å². The molecule has 2 aromatic carbocycles. The highest BCUT2D eigenvalue weighted by molar-refractivity contribution is 5.94. The minimum absolute atomic E-state index is 0.127. The fraction of sp³-hybridized carbons (Fsp3) is 0.480.